The van der Waals surface area contributed by atoms with Gasteiger partial charge in [0.1, 0.15) is 0 Å². The summed E-state index contributed by atoms with van der Waals surface area (Å²) in [4.78, 5) is 0. The first-order chi connectivity index (χ1) is 3.00. The quantitative estimate of drug-likeness (QED) is 0.229. The van der Waals surface area contributed by atoms with Crippen LogP contribution in [-0.4, -0.2) is 19.7 Å². The number of carbonyl (C=O) groups excluding carboxylic acids is 1. The second-order valence-electron chi connectivity index (χ2n) is 1.05. The lowest BCUT2D eigenvalue weighted by atomic mass is 10.5. The molecule has 0 saturated heterocycles. The average Bonchev–Trinajstić information content (AvgIpc) is 1.72. The molecule has 6 heavy (non-hydrogen) atoms. The molecule has 1 aliphatic heterocycles. The molecule has 0 aliphatic carbocycles. The Hall–Kier alpha value is -0.530. The zero-order chi connectivity index (χ0) is 4.24. The van der Waals surface area contributed by atoms with Gasteiger partial charge in [-0.2, -0.15) is 6.42 Å². The Bertz CT molecular complexity index is 50.6. The molecule has 0 saturated carbocycles. The Kier molecular flexibility index (Phi) is 1.10. The Balaban J connectivity index is 2.26. The van der Waals surface area contributed by atoms with Gasteiger partial charge in [0.25, 0.3) is 0 Å². The fourth-order valence-electron chi connectivity index (χ4n) is 0.311. The molecule has 1 heterocycles. The SMILES string of the molecule is C1=[O+]C[CH-]CO1. The molecule has 0 aromatic heterocycles. The summed E-state index contributed by atoms with van der Waals surface area (Å²) in [5.74, 6) is 0. The van der Waals surface area contributed by atoms with E-state index in [1.165, 1.54) is 6.47 Å². The fourth-order valence-corrected chi connectivity index (χ4v) is 0.311. The number of cyclic esters (lactones) is 1. The van der Waals surface area contributed by atoms with Gasteiger partial charge in [0.15, 0.2) is 0 Å². The van der Waals surface area contributed by atoms with Gasteiger partial charge in [-0.1, -0.05) is 0 Å². The van der Waals surface area contributed by atoms with E-state index >= 15 is 0 Å². The van der Waals surface area contributed by atoms with Crippen LogP contribution >= 0.6 is 0 Å². The maximum atomic E-state index is 4.67. The van der Waals surface area contributed by atoms with Crippen LogP contribution in [0.2, 0.25) is 0 Å². The number of hydrogen-bond acceptors (Lipinski definition) is 1. The standard InChI is InChI=1S/C4H6O2/c1-2-5-4-6-3-1/h1,4H,2-3H2. The van der Waals surface area contributed by atoms with Crippen molar-refractivity contribution >= 4 is 6.47 Å². The highest BCUT2D eigenvalue weighted by Crippen LogP contribution is 1.80. The summed E-state index contributed by atoms with van der Waals surface area (Å²) in [6.07, 6.45) is 1.92. The van der Waals surface area contributed by atoms with Gasteiger partial charge in [-0.25, -0.2) is 0 Å². The normalized spacial score (nSPS) is 20.0. The largest absolute Gasteiger partial charge is 0.467 e. The Morgan fingerprint density at radius 1 is 1.83 bits per heavy atom. The summed E-state index contributed by atoms with van der Waals surface area (Å²) < 4.78 is 9.33. The van der Waals surface area contributed by atoms with E-state index in [0.717, 1.165) is 0 Å². The molecule has 34 valence electrons. The average molecular weight is 86.1 g/mol. The van der Waals surface area contributed by atoms with Gasteiger partial charge in [0.2, 0.25) is 0 Å². The van der Waals surface area contributed by atoms with Gasteiger partial charge in [-0.3, -0.25) is 0 Å². The first-order valence-electron chi connectivity index (χ1n) is 1.87. The summed E-state index contributed by atoms with van der Waals surface area (Å²) in [7, 11) is 0. The van der Waals surface area contributed by atoms with Crippen molar-refractivity contribution in [3.05, 3.63) is 6.42 Å². The molecule has 2 heteroatoms. The summed E-state index contributed by atoms with van der Waals surface area (Å²) in [6.45, 7) is 2.75. The van der Waals surface area contributed by atoms with Gasteiger partial charge in [0.05, 0.1) is 13.2 Å². The predicted molar refractivity (Wildman–Crippen MR) is 21.2 cm³/mol. The van der Waals surface area contributed by atoms with Crippen LogP contribution in [-0.2, 0) is 9.16 Å². The predicted octanol–water partition coefficient (Wildman–Crippen LogP) is -0.0870. The Labute approximate surface area is 36.4 Å². The zero-order valence-corrected chi connectivity index (χ0v) is 3.39. The third-order valence-corrected chi connectivity index (χ3v) is 0.564. The lowest BCUT2D eigenvalue weighted by Gasteiger charge is -2.00. The number of rotatable bonds is 0. The van der Waals surface area contributed by atoms with Crippen LogP contribution in [0.15, 0.2) is 0 Å². The third-order valence-electron chi connectivity index (χ3n) is 0.564. The van der Waals surface area contributed by atoms with Crippen molar-refractivity contribution < 1.29 is 9.16 Å². The molecule has 0 radical (unpaired) electrons. The summed E-state index contributed by atoms with van der Waals surface area (Å²) in [5.41, 5.74) is 0. The maximum absolute atomic E-state index is 4.67. The highest BCUT2D eigenvalue weighted by atomic mass is 16.6. The van der Waals surface area contributed by atoms with Crippen molar-refractivity contribution in [2.24, 2.45) is 0 Å². The highest BCUT2D eigenvalue weighted by Gasteiger charge is 1.88. The molecule has 0 aromatic rings. The first-order valence-corrected chi connectivity index (χ1v) is 1.87. The first kappa shape index (κ1) is 3.65. The van der Waals surface area contributed by atoms with Crippen molar-refractivity contribution in [3.8, 4) is 0 Å². The third kappa shape index (κ3) is 0.708. The minimum atomic E-state index is 0.694. The van der Waals surface area contributed by atoms with Crippen LogP contribution in [0.25, 0.3) is 0 Å². The number of hydrogen-bond donors (Lipinski definition) is 0. The highest BCUT2D eigenvalue weighted by molar-refractivity contribution is 5.38. The van der Waals surface area contributed by atoms with E-state index in [0.29, 0.717) is 13.2 Å². The molecule has 0 fully saturated rings. The smallest absolute Gasteiger partial charge is 0.358 e. The minimum absolute atomic E-state index is 0.694. The molecule has 1 rings (SSSR count). The second kappa shape index (κ2) is 1.80. The monoisotopic (exact) mass is 86.0 g/mol. The van der Waals surface area contributed by atoms with Crippen LogP contribution < -0.4 is 0 Å². The zero-order valence-electron chi connectivity index (χ0n) is 3.39. The van der Waals surface area contributed by atoms with E-state index in [2.05, 4.69) is 9.16 Å². The summed E-state index contributed by atoms with van der Waals surface area (Å²) in [5, 5.41) is 0. The molecule has 0 N–H and O–H groups in total. The molecule has 0 atom stereocenters. The fraction of sp³-hybridized carbons (Fsp3) is 0.500. The van der Waals surface area contributed by atoms with Gasteiger partial charge >= 0.3 is 6.47 Å². The van der Waals surface area contributed by atoms with Crippen LogP contribution in [0.1, 0.15) is 0 Å². The van der Waals surface area contributed by atoms with Gasteiger partial charge in [-0.15, -0.1) is 0 Å². The molecule has 2 nitrogen and oxygen atoms in total. The van der Waals surface area contributed by atoms with Crippen molar-refractivity contribution in [2.75, 3.05) is 13.2 Å². The minimum Gasteiger partial charge on any atom is -0.358 e. The van der Waals surface area contributed by atoms with Crippen molar-refractivity contribution in [1.82, 2.24) is 0 Å². The summed E-state index contributed by atoms with van der Waals surface area (Å²) in [6, 6.07) is 0. The molecule has 0 bridgehead atoms. The molecule has 1 aliphatic rings. The lowest BCUT2D eigenvalue weighted by molar-refractivity contribution is -0.459. The van der Waals surface area contributed by atoms with E-state index in [1.54, 1.807) is 0 Å². The molecule has 0 spiro atoms. The molecule has 0 amide bonds. The Morgan fingerprint density at radius 3 is 3.00 bits per heavy atom. The van der Waals surface area contributed by atoms with Gasteiger partial charge in [0, 0.05) is 0 Å². The molecular weight excluding hydrogens is 80.0 g/mol. The maximum Gasteiger partial charge on any atom is 0.467 e. The van der Waals surface area contributed by atoms with E-state index in [-0.39, 0.29) is 0 Å². The molecule has 0 unspecified atom stereocenters. The number of ether oxygens (including phenoxy) is 1. The molecular formula is C4H6O2. The van der Waals surface area contributed by atoms with Crippen LogP contribution in [0.4, 0.5) is 0 Å². The lowest BCUT2D eigenvalue weighted by Crippen LogP contribution is -2.05. The Morgan fingerprint density at radius 2 is 2.83 bits per heavy atom. The van der Waals surface area contributed by atoms with Crippen molar-refractivity contribution in [1.29, 1.82) is 0 Å². The van der Waals surface area contributed by atoms with E-state index in [9.17, 15) is 0 Å². The topological polar surface area (TPSA) is 20.5 Å². The van der Waals surface area contributed by atoms with Gasteiger partial charge in [-0.05, 0) is 0 Å². The van der Waals surface area contributed by atoms with E-state index in [1.807, 2.05) is 6.42 Å². The second-order valence-corrected chi connectivity index (χ2v) is 1.05. The van der Waals surface area contributed by atoms with Crippen LogP contribution in [0.3, 0.4) is 0 Å². The van der Waals surface area contributed by atoms with Crippen molar-refractivity contribution in [2.45, 2.75) is 0 Å². The van der Waals surface area contributed by atoms with Gasteiger partial charge < -0.3 is 9.16 Å². The van der Waals surface area contributed by atoms with Crippen LogP contribution in [0.5, 0.6) is 0 Å². The van der Waals surface area contributed by atoms with Crippen LogP contribution in [0, 0.1) is 6.42 Å². The summed E-state index contributed by atoms with van der Waals surface area (Å²) >= 11 is 0. The van der Waals surface area contributed by atoms with E-state index in [4.69, 9.17) is 0 Å². The van der Waals surface area contributed by atoms with E-state index < -0.39 is 0 Å². The molecule has 0 aromatic carbocycles. The van der Waals surface area contributed by atoms with Crippen molar-refractivity contribution in [3.63, 3.8) is 0 Å².